The number of benzene rings is 1. The Morgan fingerprint density at radius 3 is 2.41 bits per heavy atom. The summed E-state index contributed by atoms with van der Waals surface area (Å²) in [4.78, 5) is 36.2. The normalized spacial score (nSPS) is 12.7. The smallest absolute Gasteiger partial charge is 0.408 e. The first-order chi connectivity index (χ1) is 12.8. The first kappa shape index (κ1) is 22.2. The average molecular weight is 375 g/mol. The number of amides is 3. The SMILES string of the molecule is C=CCCC[C@H](NC(=O)[C@H](NC(=O)OCc1ccccc1)C(C)C)C(N)=O. The molecule has 0 saturated carbocycles. The van der Waals surface area contributed by atoms with E-state index in [-0.39, 0.29) is 12.5 Å². The zero-order chi connectivity index (χ0) is 20.2. The Labute approximate surface area is 160 Å². The Kier molecular flexibility index (Phi) is 9.64. The number of ether oxygens (including phenoxy) is 1. The van der Waals surface area contributed by atoms with Crippen molar-refractivity contribution in [2.45, 2.75) is 51.8 Å². The predicted octanol–water partition coefficient (Wildman–Crippen LogP) is 2.26. The molecule has 3 amide bonds. The van der Waals surface area contributed by atoms with Crippen LogP contribution in [0.5, 0.6) is 0 Å². The van der Waals surface area contributed by atoms with Crippen LogP contribution in [0.25, 0.3) is 0 Å². The molecular weight excluding hydrogens is 346 g/mol. The van der Waals surface area contributed by atoms with Gasteiger partial charge in [0.05, 0.1) is 0 Å². The van der Waals surface area contributed by atoms with Crippen LogP contribution in [0.2, 0.25) is 0 Å². The number of carbonyl (C=O) groups is 3. The zero-order valence-electron chi connectivity index (χ0n) is 15.9. The minimum atomic E-state index is -0.838. The summed E-state index contributed by atoms with van der Waals surface area (Å²) in [6.07, 6.45) is 2.85. The molecule has 0 fully saturated rings. The van der Waals surface area contributed by atoms with Gasteiger partial charge in [0.15, 0.2) is 0 Å². The Morgan fingerprint density at radius 1 is 1.19 bits per heavy atom. The van der Waals surface area contributed by atoms with Crippen molar-refractivity contribution in [3.8, 4) is 0 Å². The summed E-state index contributed by atoms with van der Waals surface area (Å²) in [5.41, 5.74) is 6.21. The molecule has 2 atom stereocenters. The molecule has 1 rings (SSSR count). The third-order valence-corrected chi connectivity index (χ3v) is 4.00. The van der Waals surface area contributed by atoms with Crippen molar-refractivity contribution in [3.63, 3.8) is 0 Å². The molecule has 0 aliphatic carbocycles. The van der Waals surface area contributed by atoms with Gasteiger partial charge in [-0.15, -0.1) is 6.58 Å². The summed E-state index contributed by atoms with van der Waals surface area (Å²) < 4.78 is 5.16. The summed E-state index contributed by atoms with van der Waals surface area (Å²) >= 11 is 0. The van der Waals surface area contributed by atoms with Crippen molar-refractivity contribution in [2.24, 2.45) is 11.7 Å². The summed E-state index contributed by atoms with van der Waals surface area (Å²) in [6.45, 7) is 7.30. The number of primary amides is 1. The highest BCUT2D eigenvalue weighted by atomic mass is 16.5. The number of nitrogens with one attached hydrogen (secondary N) is 2. The highest BCUT2D eigenvalue weighted by Gasteiger charge is 2.28. The number of hydrogen-bond donors (Lipinski definition) is 3. The van der Waals surface area contributed by atoms with Crippen LogP contribution in [-0.2, 0) is 20.9 Å². The first-order valence-electron chi connectivity index (χ1n) is 9.03. The number of nitrogens with two attached hydrogens (primary N) is 1. The van der Waals surface area contributed by atoms with Crippen molar-refractivity contribution >= 4 is 17.9 Å². The molecule has 4 N–H and O–H groups in total. The fraction of sp³-hybridized carbons (Fsp3) is 0.450. The van der Waals surface area contributed by atoms with E-state index in [1.807, 2.05) is 30.3 Å². The Morgan fingerprint density at radius 2 is 1.85 bits per heavy atom. The average Bonchev–Trinajstić information content (AvgIpc) is 2.64. The van der Waals surface area contributed by atoms with Gasteiger partial charge in [-0.2, -0.15) is 0 Å². The molecule has 0 spiro atoms. The van der Waals surface area contributed by atoms with E-state index in [1.165, 1.54) is 0 Å². The number of alkyl carbamates (subject to hydrolysis) is 1. The van der Waals surface area contributed by atoms with E-state index >= 15 is 0 Å². The monoisotopic (exact) mass is 375 g/mol. The maximum Gasteiger partial charge on any atom is 0.408 e. The summed E-state index contributed by atoms with van der Waals surface area (Å²) in [7, 11) is 0. The molecule has 7 heteroatoms. The molecule has 148 valence electrons. The summed E-state index contributed by atoms with van der Waals surface area (Å²) in [6, 6.07) is 7.60. The number of unbranched alkanes of at least 4 members (excludes halogenated alkanes) is 1. The quantitative estimate of drug-likeness (QED) is 0.407. The first-order valence-corrected chi connectivity index (χ1v) is 9.03. The molecule has 0 radical (unpaired) electrons. The molecule has 0 unspecified atom stereocenters. The standard InChI is InChI=1S/C20H29N3O4/c1-4-5-7-12-16(18(21)24)22-19(25)17(14(2)3)23-20(26)27-13-15-10-8-6-9-11-15/h4,6,8-11,14,16-17H,1,5,7,12-13H2,2-3H3,(H2,21,24)(H,22,25)(H,23,26)/t16-,17+/m0/s1. The van der Waals surface area contributed by atoms with Crippen molar-refractivity contribution < 1.29 is 19.1 Å². The van der Waals surface area contributed by atoms with Crippen LogP contribution in [0.4, 0.5) is 4.79 Å². The maximum absolute atomic E-state index is 12.5. The Balaban J connectivity index is 2.61. The van der Waals surface area contributed by atoms with E-state index in [2.05, 4.69) is 17.2 Å². The summed E-state index contributed by atoms with van der Waals surface area (Å²) in [5.74, 6) is -1.28. The lowest BCUT2D eigenvalue weighted by atomic mass is 10.0. The van der Waals surface area contributed by atoms with Gasteiger partial charge >= 0.3 is 6.09 Å². The number of rotatable bonds is 11. The van der Waals surface area contributed by atoms with Crippen LogP contribution >= 0.6 is 0 Å². The number of allylic oxidation sites excluding steroid dienone is 1. The second-order valence-corrected chi connectivity index (χ2v) is 6.61. The van der Waals surface area contributed by atoms with Crippen LogP contribution in [0.3, 0.4) is 0 Å². The van der Waals surface area contributed by atoms with Gasteiger partial charge in [0.1, 0.15) is 18.7 Å². The molecule has 0 aliphatic heterocycles. The van der Waals surface area contributed by atoms with Gasteiger partial charge < -0.3 is 21.1 Å². The van der Waals surface area contributed by atoms with Crippen molar-refractivity contribution in [1.82, 2.24) is 10.6 Å². The van der Waals surface area contributed by atoms with Crippen LogP contribution in [0, 0.1) is 5.92 Å². The number of carbonyl (C=O) groups excluding carboxylic acids is 3. The second-order valence-electron chi connectivity index (χ2n) is 6.61. The van der Waals surface area contributed by atoms with Crippen molar-refractivity contribution in [1.29, 1.82) is 0 Å². The van der Waals surface area contributed by atoms with Gasteiger partial charge in [-0.05, 0) is 30.7 Å². The molecule has 7 nitrogen and oxygen atoms in total. The number of hydrogen-bond acceptors (Lipinski definition) is 4. The molecule has 27 heavy (non-hydrogen) atoms. The van der Waals surface area contributed by atoms with Crippen LogP contribution in [0.1, 0.15) is 38.7 Å². The van der Waals surface area contributed by atoms with Crippen LogP contribution in [0.15, 0.2) is 43.0 Å². The molecular formula is C20H29N3O4. The van der Waals surface area contributed by atoms with Crippen molar-refractivity contribution in [2.75, 3.05) is 0 Å². The fourth-order valence-corrected chi connectivity index (χ4v) is 2.44. The van der Waals surface area contributed by atoms with E-state index in [4.69, 9.17) is 10.5 Å². The molecule has 0 bridgehead atoms. The van der Waals surface area contributed by atoms with E-state index in [0.29, 0.717) is 12.8 Å². The molecule has 0 aromatic heterocycles. The van der Waals surface area contributed by atoms with Crippen molar-refractivity contribution in [3.05, 3.63) is 48.6 Å². The molecule has 0 aliphatic rings. The van der Waals surface area contributed by atoms with Crippen LogP contribution in [-0.4, -0.2) is 30.0 Å². The highest BCUT2D eigenvalue weighted by molar-refractivity contribution is 5.90. The lowest BCUT2D eigenvalue weighted by Gasteiger charge is -2.24. The Bertz CT molecular complexity index is 631. The minimum Gasteiger partial charge on any atom is -0.445 e. The Hall–Kier alpha value is -2.83. The lowest BCUT2D eigenvalue weighted by Crippen LogP contribution is -2.54. The second kappa shape index (κ2) is 11.7. The van der Waals surface area contributed by atoms with E-state index in [1.54, 1.807) is 19.9 Å². The summed E-state index contributed by atoms with van der Waals surface area (Å²) in [5, 5.41) is 5.17. The molecule has 1 aromatic carbocycles. The molecule has 0 heterocycles. The molecule has 1 aromatic rings. The van der Waals surface area contributed by atoms with Crippen LogP contribution < -0.4 is 16.4 Å². The molecule has 0 saturated heterocycles. The maximum atomic E-state index is 12.5. The van der Waals surface area contributed by atoms with E-state index in [9.17, 15) is 14.4 Å². The van der Waals surface area contributed by atoms with E-state index in [0.717, 1.165) is 12.0 Å². The zero-order valence-corrected chi connectivity index (χ0v) is 15.9. The van der Waals surface area contributed by atoms with Gasteiger partial charge in [-0.25, -0.2) is 4.79 Å². The van der Waals surface area contributed by atoms with Gasteiger partial charge in [0, 0.05) is 0 Å². The topological polar surface area (TPSA) is 111 Å². The van der Waals surface area contributed by atoms with E-state index < -0.39 is 30.0 Å². The highest BCUT2D eigenvalue weighted by Crippen LogP contribution is 2.07. The lowest BCUT2D eigenvalue weighted by molar-refractivity contribution is -0.129. The third kappa shape index (κ3) is 8.40. The van der Waals surface area contributed by atoms with Gasteiger partial charge in [-0.1, -0.05) is 50.3 Å². The predicted molar refractivity (Wildman–Crippen MR) is 104 cm³/mol. The fourth-order valence-electron chi connectivity index (χ4n) is 2.44. The third-order valence-electron chi connectivity index (χ3n) is 4.00. The van der Waals surface area contributed by atoms with Gasteiger partial charge in [0.2, 0.25) is 11.8 Å². The van der Waals surface area contributed by atoms with Gasteiger partial charge in [-0.3, -0.25) is 9.59 Å². The largest absolute Gasteiger partial charge is 0.445 e. The minimum absolute atomic E-state index is 0.102. The van der Waals surface area contributed by atoms with Gasteiger partial charge in [0.25, 0.3) is 0 Å².